The number of carbonyl (C=O) groups is 1. The van der Waals surface area contributed by atoms with Gasteiger partial charge in [0.1, 0.15) is 0 Å². The van der Waals surface area contributed by atoms with Gasteiger partial charge in [0.15, 0.2) is 0 Å². The van der Waals surface area contributed by atoms with Gasteiger partial charge in [-0.1, -0.05) is 28.1 Å². The molecule has 0 bridgehead atoms. The number of nitrogens with zero attached hydrogens (tertiary/aromatic N) is 1. The van der Waals surface area contributed by atoms with Crippen molar-refractivity contribution in [2.45, 2.75) is 19.3 Å². The molecule has 1 aromatic carbocycles. The molecule has 0 spiro atoms. The minimum absolute atomic E-state index is 0.533. The van der Waals surface area contributed by atoms with Crippen molar-refractivity contribution in [1.82, 2.24) is 4.98 Å². The topological polar surface area (TPSA) is 50.2 Å². The number of aromatic nitrogens is 1. The van der Waals surface area contributed by atoms with Crippen molar-refractivity contribution >= 4 is 33.2 Å². The van der Waals surface area contributed by atoms with Crippen molar-refractivity contribution in [3.63, 3.8) is 0 Å². The van der Waals surface area contributed by atoms with E-state index in [1.807, 2.05) is 29.6 Å². The van der Waals surface area contributed by atoms with E-state index in [2.05, 4.69) is 20.9 Å². The lowest BCUT2D eigenvalue weighted by atomic mass is 10.0. The van der Waals surface area contributed by atoms with Gasteiger partial charge in [0.2, 0.25) is 0 Å². The molecular formula is C14H12BrNO2S. The molecule has 0 saturated heterocycles. The zero-order valence-corrected chi connectivity index (χ0v) is 12.5. The Morgan fingerprint density at radius 1 is 1.37 bits per heavy atom. The van der Waals surface area contributed by atoms with Crippen LogP contribution in [-0.2, 0) is 11.2 Å². The van der Waals surface area contributed by atoms with Crippen LogP contribution in [0.15, 0.2) is 34.1 Å². The Balaban J connectivity index is 1.80. The molecule has 98 valence electrons. The highest BCUT2D eigenvalue weighted by atomic mass is 79.9. The van der Waals surface area contributed by atoms with Crippen molar-refractivity contribution in [2.75, 3.05) is 0 Å². The predicted octanol–water partition coefficient (Wildman–Crippen LogP) is 3.98. The van der Waals surface area contributed by atoms with E-state index in [1.54, 1.807) is 11.3 Å². The van der Waals surface area contributed by atoms with Gasteiger partial charge in [-0.3, -0.25) is 4.79 Å². The molecule has 0 radical (unpaired) electrons. The fraction of sp³-hybridized carbons (Fsp3) is 0.286. The average molecular weight is 338 g/mol. The first-order valence-electron chi connectivity index (χ1n) is 6.03. The molecular weight excluding hydrogens is 326 g/mol. The minimum atomic E-state index is -0.687. The van der Waals surface area contributed by atoms with Crippen LogP contribution < -0.4 is 0 Å². The van der Waals surface area contributed by atoms with Crippen LogP contribution in [0.1, 0.15) is 17.8 Å². The van der Waals surface area contributed by atoms with Crippen LogP contribution in [0.3, 0.4) is 0 Å². The van der Waals surface area contributed by atoms with Gasteiger partial charge in [-0.2, -0.15) is 0 Å². The van der Waals surface area contributed by atoms with E-state index in [-0.39, 0.29) is 0 Å². The number of hydrogen-bond donors (Lipinski definition) is 1. The van der Waals surface area contributed by atoms with Crippen LogP contribution >= 0.6 is 27.3 Å². The van der Waals surface area contributed by atoms with Crippen LogP contribution in [0.2, 0.25) is 0 Å². The Kier molecular flexibility index (Phi) is 3.19. The van der Waals surface area contributed by atoms with Crippen LogP contribution in [0.25, 0.3) is 11.3 Å². The lowest BCUT2D eigenvalue weighted by Crippen LogP contribution is -2.17. The zero-order valence-electron chi connectivity index (χ0n) is 10.1. The second kappa shape index (κ2) is 4.72. The SMILES string of the molecule is O=C(O)C1(Cc2nc(-c3ccc(Br)cc3)cs2)CC1. The average Bonchev–Trinajstić information content (AvgIpc) is 3.02. The lowest BCUT2D eigenvalue weighted by molar-refractivity contribution is -0.143. The molecule has 1 saturated carbocycles. The van der Waals surface area contributed by atoms with Crippen molar-refractivity contribution < 1.29 is 9.90 Å². The smallest absolute Gasteiger partial charge is 0.310 e. The van der Waals surface area contributed by atoms with Gasteiger partial charge in [0.05, 0.1) is 16.1 Å². The maximum Gasteiger partial charge on any atom is 0.310 e. The summed E-state index contributed by atoms with van der Waals surface area (Å²) < 4.78 is 1.04. The summed E-state index contributed by atoms with van der Waals surface area (Å²) in [6.07, 6.45) is 2.11. The summed E-state index contributed by atoms with van der Waals surface area (Å²) in [6, 6.07) is 7.97. The fourth-order valence-corrected chi connectivity index (χ4v) is 3.26. The van der Waals surface area contributed by atoms with Gasteiger partial charge in [-0.05, 0) is 25.0 Å². The molecule has 1 aliphatic carbocycles. The highest BCUT2D eigenvalue weighted by Gasteiger charge is 2.50. The maximum atomic E-state index is 11.2. The quantitative estimate of drug-likeness (QED) is 0.917. The predicted molar refractivity (Wildman–Crippen MR) is 78.3 cm³/mol. The summed E-state index contributed by atoms with van der Waals surface area (Å²) in [6.45, 7) is 0. The number of aliphatic carboxylic acids is 1. The molecule has 1 aliphatic rings. The van der Waals surface area contributed by atoms with E-state index in [0.29, 0.717) is 6.42 Å². The van der Waals surface area contributed by atoms with E-state index in [4.69, 9.17) is 0 Å². The van der Waals surface area contributed by atoms with Crippen molar-refractivity contribution in [1.29, 1.82) is 0 Å². The highest BCUT2D eigenvalue weighted by Crippen LogP contribution is 2.49. The third-order valence-electron chi connectivity index (χ3n) is 3.49. The minimum Gasteiger partial charge on any atom is -0.481 e. The fourth-order valence-electron chi connectivity index (χ4n) is 2.05. The number of carboxylic acid groups (broad SMARTS) is 1. The number of thiazole rings is 1. The normalized spacial score (nSPS) is 16.3. The molecule has 0 atom stereocenters. The molecule has 1 fully saturated rings. The van der Waals surface area contributed by atoms with E-state index in [1.165, 1.54) is 0 Å². The Bertz CT molecular complexity index is 617. The molecule has 1 heterocycles. The van der Waals surface area contributed by atoms with Crippen molar-refractivity contribution in [3.8, 4) is 11.3 Å². The highest BCUT2D eigenvalue weighted by molar-refractivity contribution is 9.10. The Labute approximate surface area is 123 Å². The van der Waals surface area contributed by atoms with Gasteiger partial charge < -0.3 is 5.11 Å². The number of halogens is 1. The van der Waals surface area contributed by atoms with Crippen LogP contribution in [0.4, 0.5) is 0 Å². The first-order valence-corrected chi connectivity index (χ1v) is 7.70. The third kappa shape index (κ3) is 2.58. The van der Waals surface area contributed by atoms with Gasteiger partial charge in [0.25, 0.3) is 0 Å². The van der Waals surface area contributed by atoms with E-state index in [9.17, 15) is 9.90 Å². The molecule has 5 heteroatoms. The van der Waals surface area contributed by atoms with E-state index in [0.717, 1.165) is 33.6 Å². The summed E-state index contributed by atoms with van der Waals surface area (Å²) in [5, 5.41) is 12.1. The summed E-state index contributed by atoms with van der Waals surface area (Å²) in [4.78, 5) is 15.7. The molecule has 0 aliphatic heterocycles. The number of hydrogen-bond acceptors (Lipinski definition) is 3. The van der Waals surface area contributed by atoms with Crippen LogP contribution in [-0.4, -0.2) is 16.1 Å². The van der Waals surface area contributed by atoms with E-state index >= 15 is 0 Å². The van der Waals surface area contributed by atoms with Gasteiger partial charge in [0, 0.05) is 21.8 Å². The van der Waals surface area contributed by atoms with Crippen molar-refractivity contribution in [2.24, 2.45) is 5.41 Å². The Morgan fingerprint density at radius 3 is 2.63 bits per heavy atom. The lowest BCUT2D eigenvalue weighted by Gasteiger charge is -2.05. The summed E-state index contributed by atoms with van der Waals surface area (Å²) >= 11 is 4.95. The number of rotatable bonds is 4. The van der Waals surface area contributed by atoms with Crippen LogP contribution in [0.5, 0.6) is 0 Å². The maximum absolute atomic E-state index is 11.2. The van der Waals surface area contributed by atoms with E-state index < -0.39 is 11.4 Å². The first-order chi connectivity index (χ1) is 9.09. The van der Waals surface area contributed by atoms with Gasteiger partial charge in [-0.25, -0.2) is 4.98 Å². The number of carboxylic acids is 1. The molecule has 3 nitrogen and oxygen atoms in total. The Morgan fingerprint density at radius 2 is 2.05 bits per heavy atom. The Hall–Kier alpha value is -1.20. The standard InChI is InChI=1S/C14H12BrNO2S/c15-10-3-1-9(2-4-10)11-8-19-12(16-11)7-14(5-6-14)13(17)18/h1-4,8H,5-7H2,(H,17,18). The third-order valence-corrected chi connectivity index (χ3v) is 4.87. The molecule has 0 amide bonds. The number of benzene rings is 1. The summed E-state index contributed by atoms with van der Waals surface area (Å²) in [7, 11) is 0. The van der Waals surface area contributed by atoms with Crippen molar-refractivity contribution in [3.05, 3.63) is 39.1 Å². The zero-order chi connectivity index (χ0) is 13.5. The molecule has 0 unspecified atom stereocenters. The van der Waals surface area contributed by atoms with Crippen LogP contribution in [0, 0.1) is 5.41 Å². The largest absolute Gasteiger partial charge is 0.481 e. The molecule has 3 rings (SSSR count). The second-order valence-corrected chi connectivity index (χ2v) is 6.75. The summed E-state index contributed by atoms with van der Waals surface area (Å²) in [5.74, 6) is -0.687. The monoisotopic (exact) mass is 337 g/mol. The molecule has 19 heavy (non-hydrogen) atoms. The second-order valence-electron chi connectivity index (χ2n) is 4.90. The van der Waals surface area contributed by atoms with Gasteiger partial charge in [-0.15, -0.1) is 11.3 Å². The molecule has 1 N–H and O–H groups in total. The molecule has 1 aromatic heterocycles. The molecule has 2 aromatic rings. The van der Waals surface area contributed by atoms with Gasteiger partial charge >= 0.3 is 5.97 Å². The first kappa shape index (κ1) is 12.8. The summed E-state index contributed by atoms with van der Waals surface area (Å²) in [5.41, 5.74) is 1.45.